The number of hydrogen-bond donors (Lipinski definition) is 2. The van der Waals surface area contributed by atoms with Crippen molar-refractivity contribution >= 4 is 5.96 Å². The first-order valence-corrected chi connectivity index (χ1v) is 11.1. The summed E-state index contributed by atoms with van der Waals surface area (Å²) in [4.78, 5) is 7.01. The van der Waals surface area contributed by atoms with Crippen LogP contribution in [0.2, 0.25) is 0 Å². The van der Waals surface area contributed by atoms with Gasteiger partial charge in [-0.25, -0.2) is 4.68 Å². The van der Waals surface area contributed by atoms with Crippen molar-refractivity contribution in [3.63, 3.8) is 0 Å². The minimum absolute atomic E-state index is 0.445. The Morgan fingerprint density at radius 1 is 1.10 bits per heavy atom. The van der Waals surface area contributed by atoms with Crippen LogP contribution in [0, 0.1) is 0 Å². The Morgan fingerprint density at radius 2 is 1.90 bits per heavy atom. The van der Waals surface area contributed by atoms with Crippen molar-refractivity contribution in [2.45, 2.75) is 38.4 Å². The first-order chi connectivity index (χ1) is 15.2. The van der Waals surface area contributed by atoms with Gasteiger partial charge >= 0.3 is 0 Å². The second-order valence-electron chi connectivity index (χ2n) is 8.09. The highest BCUT2D eigenvalue weighted by Crippen LogP contribution is 2.24. The zero-order chi connectivity index (χ0) is 21.5. The molecule has 1 unspecified atom stereocenters. The minimum atomic E-state index is 0.445. The monoisotopic (exact) mass is 416 g/mol. The fourth-order valence-corrected chi connectivity index (χ4v) is 4.18. The maximum Gasteiger partial charge on any atom is 0.191 e. The molecule has 0 aliphatic carbocycles. The maximum absolute atomic E-state index is 4.43. The predicted molar refractivity (Wildman–Crippen MR) is 126 cm³/mol. The Hall–Kier alpha value is -3.12. The number of nitrogens with one attached hydrogen (secondary N) is 2. The van der Waals surface area contributed by atoms with Gasteiger partial charge in [0, 0.05) is 51.2 Å². The fourth-order valence-electron chi connectivity index (χ4n) is 4.18. The van der Waals surface area contributed by atoms with Gasteiger partial charge in [-0.05, 0) is 49.1 Å². The second-order valence-corrected chi connectivity index (χ2v) is 8.09. The third kappa shape index (κ3) is 5.52. The van der Waals surface area contributed by atoms with Crippen LogP contribution in [0.5, 0.6) is 0 Å². The Bertz CT molecular complexity index is 959. The molecule has 1 atom stereocenters. The van der Waals surface area contributed by atoms with Gasteiger partial charge < -0.3 is 10.6 Å². The van der Waals surface area contributed by atoms with Gasteiger partial charge in [0.25, 0.3) is 0 Å². The third-order valence-electron chi connectivity index (χ3n) is 6.06. The molecule has 4 rings (SSSR count). The van der Waals surface area contributed by atoms with Crippen LogP contribution >= 0.6 is 0 Å². The van der Waals surface area contributed by atoms with Crippen molar-refractivity contribution in [1.29, 1.82) is 0 Å². The Kier molecular flexibility index (Phi) is 6.99. The topological polar surface area (TPSA) is 57.5 Å². The molecule has 162 valence electrons. The number of rotatable bonds is 6. The average molecular weight is 417 g/mol. The van der Waals surface area contributed by atoms with Gasteiger partial charge in [0.15, 0.2) is 5.96 Å². The summed E-state index contributed by atoms with van der Waals surface area (Å²) in [6.07, 6.45) is 5.99. The number of likely N-dealkylation sites (tertiary alicyclic amines) is 1. The smallest absolute Gasteiger partial charge is 0.191 e. The van der Waals surface area contributed by atoms with E-state index in [1.807, 2.05) is 24.0 Å². The van der Waals surface area contributed by atoms with E-state index >= 15 is 0 Å². The number of nitrogens with zero attached hydrogens (tertiary/aromatic N) is 4. The molecule has 0 amide bonds. The molecular weight excluding hydrogens is 384 g/mol. The largest absolute Gasteiger partial charge is 0.354 e. The van der Waals surface area contributed by atoms with Crippen LogP contribution in [-0.4, -0.2) is 46.8 Å². The van der Waals surface area contributed by atoms with Crippen LogP contribution < -0.4 is 10.6 Å². The normalized spacial score (nSPS) is 16.8. The summed E-state index contributed by atoms with van der Waals surface area (Å²) in [5.74, 6) is 0.860. The summed E-state index contributed by atoms with van der Waals surface area (Å²) in [6, 6.07) is 22.0. The van der Waals surface area contributed by atoms with Gasteiger partial charge in [-0.1, -0.05) is 42.5 Å². The molecule has 2 N–H and O–H groups in total. The molecule has 2 heterocycles. The lowest BCUT2D eigenvalue weighted by molar-refractivity contribution is 0.158. The molecule has 6 nitrogen and oxygen atoms in total. The molecule has 0 radical (unpaired) electrons. The first-order valence-electron chi connectivity index (χ1n) is 11.1. The van der Waals surface area contributed by atoms with E-state index in [1.54, 1.807) is 6.20 Å². The maximum atomic E-state index is 4.43. The highest BCUT2D eigenvalue weighted by molar-refractivity contribution is 5.80. The number of piperidine rings is 1. The molecule has 6 heteroatoms. The number of aliphatic imine (C=N–C) groups is 1. The van der Waals surface area contributed by atoms with Crippen LogP contribution in [-0.2, 0) is 6.54 Å². The number of hydrogen-bond acceptors (Lipinski definition) is 3. The lowest BCUT2D eigenvalue weighted by Crippen LogP contribution is -2.48. The molecule has 1 aliphatic heterocycles. The molecule has 31 heavy (non-hydrogen) atoms. The number of benzene rings is 2. The standard InChI is InChI=1S/C25H32N6/c1-20(22-9-4-3-5-10-22)30-16-12-23(13-17-30)29-25(26-2)27-19-21-8-6-11-24(18-21)31-15-7-14-28-31/h3-11,14-15,18,20,23H,12-13,16-17,19H2,1-2H3,(H2,26,27,29). The summed E-state index contributed by atoms with van der Waals surface area (Å²) in [5.41, 5.74) is 3.65. The van der Waals surface area contributed by atoms with Crippen LogP contribution in [0.15, 0.2) is 78.0 Å². The molecule has 0 spiro atoms. The Morgan fingerprint density at radius 3 is 2.61 bits per heavy atom. The van der Waals surface area contributed by atoms with Crippen molar-refractivity contribution in [1.82, 2.24) is 25.3 Å². The molecule has 1 aromatic heterocycles. The summed E-state index contributed by atoms with van der Waals surface area (Å²) in [7, 11) is 1.84. The van der Waals surface area contributed by atoms with Crippen molar-refractivity contribution in [2.75, 3.05) is 20.1 Å². The average Bonchev–Trinajstić information content (AvgIpc) is 3.38. The quantitative estimate of drug-likeness (QED) is 0.475. The molecule has 0 bridgehead atoms. The van der Waals surface area contributed by atoms with Crippen molar-refractivity contribution in [3.05, 3.63) is 84.2 Å². The highest BCUT2D eigenvalue weighted by Gasteiger charge is 2.24. The van der Waals surface area contributed by atoms with Crippen LogP contribution in [0.25, 0.3) is 5.69 Å². The van der Waals surface area contributed by atoms with Crippen molar-refractivity contribution in [2.24, 2.45) is 4.99 Å². The first kappa shape index (κ1) is 21.1. The Balaban J connectivity index is 1.26. The van der Waals surface area contributed by atoms with E-state index in [1.165, 1.54) is 11.1 Å². The van der Waals surface area contributed by atoms with Crippen molar-refractivity contribution < 1.29 is 0 Å². The molecule has 1 saturated heterocycles. The fraction of sp³-hybridized carbons (Fsp3) is 0.360. The lowest BCUT2D eigenvalue weighted by Gasteiger charge is -2.37. The van der Waals surface area contributed by atoms with Gasteiger partial charge in [-0.15, -0.1) is 0 Å². The van der Waals surface area contributed by atoms with Crippen molar-refractivity contribution in [3.8, 4) is 5.69 Å². The molecular formula is C25H32N6. The van der Waals surface area contributed by atoms with Gasteiger partial charge in [0.1, 0.15) is 0 Å². The molecule has 3 aromatic rings. The minimum Gasteiger partial charge on any atom is -0.354 e. The summed E-state index contributed by atoms with van der Waals surface area (Å²) in [5, 5.41) is 11.4. The van der Waals surface area contributed by atoms with E-state index in [-0.39, 0.29) is 0 Å². The number of aromatic nitrogens is 2. The van der Waals surface area contributed by atoms with E-state index in [2.05, 4.69) is 87.1 Å². The van der Waals surface area contributed by atoms with E-state index in [9.17, 15) is 0 Å². The van der Waals surface area contributed by atoms with E-state index in [0.717, 1.165) is 44.1 Å². The Labute approximate surface area is 185 Å². The third-order valence-corrected chi connectivity index (χ3v) is 6.06. The lowest BCUT2D eigenvalue weighted by atomic mass is 10.0. The molecule has 1 fully saturated rings. The van der Waals surface area contributed by atoms with Gasteiger partial charge in [-0.2, -0.15) is 5.10 Å². The summed E-state index contributed by atoms with van der Waals surface area (Å²) >= 11 is 0. The molecule has 1 aliphatic rings. The number of guanidine groups is 1. The van der Waals surface area contributed by atoms with E-state index < -0.39 is 0 Å². The highest BCUT2D eigenvalue weighted by atomic mass is 15.3. The zero-order valence-electron chi connectivity index (χ0n) is 18.4. The van der Waals surface area contributed by atoms with Crippen LogP contribution in [0.4, 0.5) is 0 Å². The van der Waals surface area contributed by atoms with Gasteiger partial charge in [0.05, 0.1) is 5.69 Å². The zero-order valence-corrected chi connectivity index (χ0v) is 18.4. The van der Waals surface area contributed by atoms with E-state index in [0.29, 0.717) is 12.1 Å². The van der Waals surface area contributed by atoms with Gasteiger partial charge in [0.2, 0.25) is 0 Å². The molecule has 2 aromatic carbocycles. The van der Waals surface area contributed by atoms with Gasteiger partial charge in [-0.3, -0.25) is 9.89 Å². The van der Waals surface area contributed by atoms with Crippen LogP contribution in [0.1, 0.15) is 36.9 Å². The summed E-state index contributed by atoms with van der Waals surface area (Å²) < 4.78 is 1.88. The predicted octanol–water partition coefficient (Wildman–Crippen LogP) is 3.76. The second kappa shape index (κ2) is 10.3. The van der Waals surface area contributed by atoms with E-state index in [4.69, 9.17) is 0 Å². The molecule has 0 saturated carbocycles. The van der Waals surface area contributed by atoms with Crippen LogP contribution in [0.3, 0.4) is 0 Å². The summed E-state index contributed by atoms with van der Waals surface area (Å²) in [6.45, 7) is 5.22. The SMILES string of the molecule is CN=C(NCc1cccc(-n2cccn2)c1)NC1CCN(C(C)c2ccccc2)CC1.